The minimum Gasteiger partial charge on any atom is -0.497 e. The van der Waals surface area contributed by atoms with E-state index < -0.39 is 52.7 Å². The topological polar surface area (TPSA) is 148 Å². The van der Waals surface area contributed by atoms with E-state index in [1.807, 2.05) is 84.9 Å². The molecule has 2 aliphatic heterocycles. The number of nitrogens with one attached hydrogen (secondary N) is 1. The molecule has 0 spiro atoms. The van der Waals surface area contributed by atoms with Gasteiger partial charge in [0.2, 0.25) is 0 Å². The molecule has 2 saturated heterocycles. The highest BCUT2D eigenvalue weighted by molar-refractivity contribution is 5.80. The number of nitrogens with zero attached hydrogens (tertiary/aromatic N) is 2. The van der Waals surface area contributed by atoms with Gasteiger partial charge in [-0.25, -0.2) is 4.79 Å². The molecule has 1 N–H and O–H groups in total. The van der Waals surface area contributed by atoms with Crippen molar-refractivity contribution in [3.63, 3.8) is 0 Å². The van der Waals surface area contributed by atoms with Gasteiger partial charge in [-0.15, -0.1) is 0 Å². The van der Waals surface area contributed by atoms with Crippen molar-refractivity contribution in [3.8, 4) is 17.2 Å². The summed E-state index contributed by atoms with van der Waals surface area (Å²) in [5.41, 5.74) is -1.84. The lowest BCUT2D eigenvalue weighted by atomic mass is 9.80. The molecule has 0 radical (unpaired) electrons. The molecule has 2 aliphatic rings. The van der Waals surface area contributed by atoms with Gasteiger partial charge >= 0.3 is 11.7 Å². The maximum absolute atomic E-state index is 13.8. The summed E-state index contributed by atoms with van der Waals surface area (Å²) in [4.78, 5) is 55.8. The lowest BCUT2D eigenvalue weighted by Gasteiger charge is -2.53. The molecule has 2 fully saturated rings. The minimum atomic E-state index is -1.52. The first kappa shape index (κ1) is 36.2. The molecule has 4 aromatic carbocycles. The Labute approximate surface area is 310 Å². The van der Waals surface area contributed by atoms with Gasteiger partial charge in [-0.3, -0.25) is 23.9 Å². The molecule has 5 aromatic rings. The highest BCUT2D eigenvalue weighted by Gasteiger charge is 2.69. The molecular weight excluding hydrogens is 694 g/mol. The number of methoxy groups -OCH3 is 2. The Bertz CT molecular complexity index is 2160. The Kier molecular flexibility index (Phi) is 10.1. The fourth-order valence-corrected chi connectivity index (χ4v) is 7.36. The van der Waals surface area contributed by atoms with Gasteiger partial charge in [-0.1, -0.05) is 72.8 Å². The van der Waals surface area contributed by atoms with Crippen LogP contribution in [0.1, 0.15) is 23.6 Å². The molecular formula is C41H39N3O10. The normalized spacial score (nSPS) is 20.4. The van der Waals surface area contributed by atoms with E-state index in [1.165, 1.54) is 28.7 Å². The fraction of sp³-hybridized carbons (Fsp3) is 0.268. The molecule has 13 heteroatoms. The quantitative estimate of drug-likeness (QED) is 0.140. The largest absolute Gasteiger partial charge is 0.497 e. The lowest BCUT2D eigenvalue weighted by Crippen LogP contribution is -2.74. The molecule has 7 rings (SSSR count). The maximum Gasteiger partial charge on any atom is 0.330 e. The summed E-state index contributed by atoms with van der Waals surface area (Å²) in [6.45, 7) is 0.660. The number of aromatic nitrogens is 2. The van der Waals surface area contributed by atoms with Crippen molar-refractivity contribution in [3.05, 3.63) is 159 Å². The molecule has 54 heavy (non-hydrogen) atoms. The van der Waals surface area contributed by atoms with Gasteiger partial charge in [0.15, 0.2) is 18.4 Å². The monoisotopic (exact) mass is 733 g/mol. The zero-order chi connectivity index (χ0) is 37.9. The third-order valence-corrected chi connectivity index (χ3v) is 9.83. The number of carbonyl (C=O) groups is 2. The van der Waals surface area contributed by atoms with Crippen LogP contribution in [-0.4, -0.2) is 78.6 Å². The first-order chi connectivity index (χ1) is 26.2. The minimum absolute atomic E-state index is 0.102. The number of carbonyl (C=O) groups excluding carboxylic acids is 2. The summed E-state index contributed by atoms with van der Waals surface area (Å²) in [5, 5.41) is 0. The molecule has 3 heterocycles. The van der Waals surface area contributed by atoms with E-state index in [0.29, 0.717) is 17.2 Å². The van der Waals surface area contributed by atoms with Crippen molar-refractivity contribution in [2.75, 3.05) is 34.0 Å². The van der Waals surface area contributed by atoms with E-state index in [-0.39, 0.29) is 19.8 Å². The highest BCUT2D eigenvalue weighted by Crippen LogP contribution is 2.49. The van der Waals surface area contributed by atoms with Crippen molar-refractivity contribution in [2.24, 2.45) is 0 Å². The van der Waals surface area contributed by atoms with Crippen LogP contribution in [0.2, 0.25) is 0 Å². The second-order valence-electron chi connectivity index (χ2n) is 12.9. The van der Waals surface area contributed by atoms with Crippen LogP contribution in [0.5, 0.6) is 17.2 Å². The number of hydrogen-bond donors (Lipinski definition) is 1. The van der Waals surface area contributed by atoms with E-state index in [1.54, 1.807) is 38.5 Å². The molecule has 0 saturated carbocycles. The lowest BCUT2D eigenvalue weighted by molar-refractivity contribution is -0.218. The molecule has 0 unspecified atom stereocenters. The van der Waals surface area contributed by atoms with Crippen LogP contribution in [0.25, 0.3) is 0 Å². The zero-order valence-corrected chi connectivity index (χ0v) is 29.9. The number of hydrogen-bond acceptors (Lipinski definition) is 10. The van der Waals surface area contributed by atoms with Gasteiger partial charge in [0.05, 0.1) is 27.4 Å². The number of esters is 1. The second-order valence-corrected chi connectivity index (χ2v) is 12.9. The number of para-hydroxylation sites is 1. The van der Waals surface area contributed by atoms with Crippen LogP contribution in [-0.2, 0) is 35.1 Å². The molecule has 13 nitrogen and oxygen atoms in total. The molecule has 0 bridgehead atoms. The van der Waals surface area contributed by atoms with Gasteiger partial charge in [-0.2, -0.15) is 0 Å². The fourth-order valence-electron chi connectivity index (χ4n) is 7.36. The third kappa shape index (κ3) is 6.63. The summed E-state index contributed by atoms with van der Waals surface area (Å²) in [5.74, 6) is 0.743. The average molecular weight is 734 g/mol. The summed E-state index contributed by atoms with van der Waals surface area (Å²) < 4.78 is 37.8. The first-order valence-electron chi connectivity index (χ1n) is 17.3. The standard InChI is InChI=1S/C41H39N3O10/c1-27(45)53-37-34(54-40(44-23-22-35(46)42-39(44)48)26-43(38(37)40)36(47)25-51-33-12-8-5-9-13-33)24-52-41(28-10-6-4-7-11-28,29-14-18-31(49-2)19-15-29)30-16-20-32(50-3)21-17-30/h4-23,34,37-38H,24-26H2,1-3H3,(H,42,46,48)/t34-,37-,38-,40-/m1/s1. The number of benzene rings is 4. The van der Waals surface area contributed by atoms with Crippen molar-refractivity contribution in [2.45, 2.75) is 36.5 Å². The van der Waals surface area contributed by atoms with Crippen LogP contribution in [0, 0.1) is 0 Å². The number of fused-ring (bicyclic) bond motifs is 1. The molecule has 0 aliphatic carbocycles. The summed E-state index contributed by atoms with van der Waals surface area (Å²) in [6.07, 6.45) is -0.797. The van der Waals surface area contributed by atoms with Crippen molar-refractivity contribution in [1.82, 2.24) is 14.5 Å². The van der Waals surface area contributed by atoms with Crippen LogP contribution >= 0.6 is 0 Å². The maximum atomic E-state index is 13.8. The van der Waals surface area contributed by atoms with E-state index >= 15 is 0 Å². The van der Waals surface area contributed by atoms with Gasteiger partial charge in [0.25, 0.3) is 11.5 Å². The Morgan fingerprint density at radius 3 is 1.93 bits per heavy atom. The number of H-pyrrole nitrogens is 1. The molecule has 4 atom stereocenters. The molecule has 1 aromatic heterocycles. The smallest absolute Gasteiger partial charge is 0.330 e. The predicted octanol–water partition coefficient (Wildman–Crippen LogP) is 3.84. The first-order valence-corrected chi connectivity index (χ1v) is 17.3. The van der Waals surface area contributed by atoms with E-state index in [9.17, 15) is 19.2 Å². The van der Waals surface area contributed by atoms with E-state index in [4.69, 9.17) is 28.4 Å². The number of rotatable bonds is 13. The average Bonchev–Trinajstić information content (AvgIpc) is 3.41. The third-order valence-electron chi connectivity index (χ3n) is 9.83. The van der Waals surface area contributed by atoms with Gasteiger partial charge in [0, 0.05) is 19.2 Å². The number of amides is 1. The Morgan fingerprint density at radius 1 is 0.796 bits per heavy atom. The van der Waals surface area contributed by atoms with Crippen molar-refractivity contribution >= 4 is 11.9 Å². The van der Waals surface area contributed by atoms with Gasteiger partial charge in [-0.05, 0) is 53.1 Å². The predicted molar refractivity (Wildman–Crippen MR) is 195 cm³/mol. The summed E-state index contributed by atoms with van der Waals surface area (Å²) >= 11 is 0. The highest BCUT2D eigenvalue weighted by atomic mass is 16.6. The molecule has 278 valence electrons. The van der Waals surface area contributed by atoms with Crippen LogP contribution in [0.15, 0.2) is 131 Å². The van der Waals surface area contributed by atoms with E-state index in [2.05, 4.69) is 4.98 Å². The Balaban J connectivity index is 1.31. The summed E-state index contributed by atoms with van der Waals surface area (Å²) in [7, 11) is 3.18. The van der Waals surface area contributed by atoms with Crippen LogP contribution < -0.4 is 25.5 Å². The van der Waals surface area contributed by atoms with E-state index in [0.717, 1.165) is 16.7 Å². The SMILES string of the molecule is COc1ccc(C(OC[C@H]2O[C@]3(n4ccc(=O)[nH]c4=O)CN(C(=O)COc4ccccc4)[C@@H]3[C@@H]2OC(C)=O)(c2ccccc2)c2ccc(OC)cc2)cc1. The van der Waals surface area contributed by atoms with Gasteiger partial charge < -0.3 is 33.3 Å². The van der Waals surface area contributed by atoms with Crippen LogP contribution in [0.4, 0.5) is 0 Å². The second kappa shape index (κ2) is 15.0. The number of likely N-dealkylation sites (tertiary alicyclic amines) is 1. The molecule has 1 amide bonds. The number of ether oxygens (including phenoxy) is 6. The number of aromatic amines is 1. The van der Waals surface area contributed by atoms with Crippen LogP contribution in [0.3, 0.4) is 0 Å². The Hall–Kier alpha value is -6.18. The Morgan fingerprint density at radius 2 is 1.37 bits per heavy atom. The van der Waals surface area contributed by atoms with Crippen molar-refractivity contribution < 1.29 is 38.0 Å². The zero-order valence-electron chi connectivity index (χ0n) is 29.9. The van der Waals surface area contributed by atoms with Crippen molar-refractivity contribution in [1.29, 1.82) is 0 Å². The van der Waals surface area contributed by atoms with Gasteiger partial charge in [0.1, 0.15) is 35.0 Å². The summed E-state index contributed by atoms with van der Waals surface area (Å²) in [6, 6.07) is 33.7.